The summed E-state index contributed by atoms with van der Waals surface area (Å²) in [5.74, 6) is 0.988. The lowest BCUT2D eigenvalue weighted by atomic mass is 10.1. The summed E-state index contributed by atoms with van der Waals surface area (Å²) >= 11 is 0. The number of nitrogens with one attached hydrogen (secondary N) is 2. The van der Waals surface area contributed by atoms with Crippen molar-refractivity contribution in [2.45, 2.75) is 57.9 Å². The van der Waals surface area contributed by atoms with Gasteiger partial charge in [-0.2, -0.15) is 0 Å². The molecule has 2 rings (SSSR count). The number of anilines is 1. The molecule has 1 saturated carbocycles. The minimum absolute atomic E-state index is 0.147. The minimum atomic E-state index is 0.147. The number of para-hydroxylation sites is 2. The zero-order chi connectivity index (χ0) is 15.6. The van der Waals surface area contributed by atoms with Crippen molar-refractivity contribution in [2.24, 2.45) is 0 Å². The molecule has 0 aromatic heterocycles. The molecule has 1 fully saturated rings. The summed E-state index contributed by atoms with van der Waals surface area (Å²) in [6.07, 6.45) is 7.86. The van der Waals surface area contributed by atoms with Gasteiger partial charge in [-0.3, -0.25) is 4.79 Å². The molecule has 1 aromatic rings. The number of ether oxygens (including phenoxy) is 1. The van der Waals surface area contributed by atoms with Crippen molar-refractivity contribution in [3.8, 4) is 5.75 Å². The van der Waals surface area contributed by atoms with Crippen LogP contribution in [0.3, 0.4) is 0 Å². The molecule has 1 amide bonds. The summed E-state index contributed by atoms with van der Waals surface area (Å²) in [7, 11) is 0. The van der Waals surface area contributed by atoms with Crippen molar-refractivity contribution < 1.29 is 9.53 Å². The fraction of sp³-hybridized carbons (Fsp3) is 0.611. The zero-order valence-corrected chi connectivity index (χ0v) is 13.6. The van der Waals surface area contributed by atoms with Crippen molar-refractivity contribution in [1.29, 1.82) is 0 Å². The van der Waals surface area contributed by atoms with Gasteiger partial charge < -0.3 is 15.4 Å². The number of hydrogen-bond donors (Lipinski definition) is 2. The minimum Gasteiger partial charge on any atom is -0.492 e. The van der Waals surface area contributed by atoms with Gasteiger partial charge >= 0.3 is 0 Å². The second-order valence-corrected chi connectivity index (χ2v) is 5.86. The first-order valence-corrected chi connectivity index (χ1v) is 8.54. The average Bonchev–Trinajstić information content (AvgIpc) is 2.78. The second-order valence-electron chi connectivity index (χ2n) is 5.86. The van der Waals surface area contributed by atoms with Crippen molar-refractivity contribution in [1.82, 2.24) is 5.32 Å². The SMILES string of the molecule is CCOc1ccccc1NCCC(=O)NC1CCCCCC1. The van der Waals surface area contributed by atoms with Gasteiger partial charge in [0.25, 0.3) is 0 Å². The van der Waals surface area contributed by atoms with Crippen molar-refractivity contribution in [2.75, 3.05) is 18.5 Å². The molecule has 0 bridgehead atoms. The molecule has 1 aliphatic carbocycles. The van der Waals surface area contributed by atoms with Crippen LogP contribution in [-0.2, 0) is 4.79 Å². The van der Waals surface area contributed by atoms with Crippen LogP contribution in [0.5, 0.6) is 5.75 Å². The van der Waals surface area contributed by atoms with E-state index >= 15 is 0 Å². The number of benzene rings is 1. The molecule has 0 unspecified atom stereocenters. The molecule has 1 aliphatic rings. The smallest absolute Gasteiger partial charge is 0.221 e. The normalized spacial score (nSPS) is 15.9. The third-order valence-corrected chi connectivity index (χ3v) is 4.07. The molecule has 0 saturated heterocycles. The lowest BCUT2D eigenvalue weighted by Gasteiger charge is -2.17. The highest BCUT2D eigenvalue weighted by molar-refractivity contribution is 5.77. The highest BCUT2D eigenvalue weighted by atomic mass is 16.5. The van der Waals surface area contributed by atoms with E-state index in [1.165, 1.54) is 25.7 Å². The van der Waals surface area contributed by atoms with Gasteiger partial charge in [0.1, 0.15) is 5.75 Å². The van der Waals surface area contributed by atoms with Crippen LogP contribution in [0.1, 0.15) is 51.9 Å². The summed E-state index contributed by atoms with van der Waals surface area (Å²) in [5.41, 5.74) is 0.951. The fourth-order valence-electron chi connectivity index (χ4n) is 2.93. The first-order valence-electron chi connectivity index (χ1n) is 8.54. The maximum Gasteiger partial charge on any atom is 0.221 e. The Kier molecular flexibility index (Phi) is 7.07. The Morgan fingerprint density at radius 3 is 2.64 bits per heavy atom. The summed E-state index contributed by atoms with van der Waals surface area (Å²) in [6.45, 7) is 3.24. The van der Waals surface area contributed by atoms with Gasteiger partial charge in [-0.05, 0) is 31.9 Å². The van der Waals surface area contributed by atoms with Gasteiger partial charge in [0, 0.05) is 19.0 Å². The quantitative estimate of drug-likeness (QED) is 0.755. The van der Waals surface area contributed by atoms with Crippen LogP contribution in [-0.4, -0.2) is 25.1 Å². The molecule has 22 heavy (non-hydrogen) atoms. The summed E-state index contributed by atoms with van der Waals surface area (Å²) in [4.78, 5) is 12.0. The van der Waals surface area contributed by atoms with Gasteiger partial charge in [-0.1, -0.05) is 37.8 Å². The molecular formula is C18H28N2O2. The standard InChI is InChI=1S/C18H28N2O2/c1-2-22-17-12-8-7-11-16(17)19-14-13-18(21)20-15-9-5-3-4-6-10-15/h7-8,11-12,15,19H,2-6,9-10,13-14H2,1H3,(H,20,21). The highest BCUT2D eigenvalue weighted by Gasteiger charge is 2.14. The number of rotatable bonds is 7. The van der Waals surface area contributed by atoms with Crippen LogP contribution in [0, 0.1) is 0 Å². The number of hydrogen-bond acceptors (Lipinski definition) is 3. The lowest BCUT2D eigenvalue weighted by molar-refractivity contribution is -0.121. The average molecular weight is 304 g/mol. The molecule has 0 spiro atoms. The fourth-order valence-corrected chi connectivity index (χ4v) is 2.93. The Labute approximate surface area is 133 Å². The maximum absolute atomic E-state index is 12.0. The molecule has 1 aromatic carbocycles. The van der Waals surface area contributed by atoms with Crippen LogP contribution < -0.4 is 15.4 Å². The molecule has 4 heteroatoms. The van der Waals surface area contributed by atoms with Crippen molar-refractivity contribution >= 4 is 11.6 Å². The molecule has 0 radical (unpaired) electrons. The Morgan fingerprint density at radius 1 is 1.18 bits per heavy atom. The van der Waals surface area contributed by atoms with Gasteiger partial charge in [0.15, 0.2) is 0 Å². The Hall–Kier alpha value is -1.71. The van der Waals surface area contributed by atoms with Gasteiger partial charge in [-0.15, -0.1) is 0 Å². The lowest BCUT2D eigenvalue weighted by Crippen LogP contribution is -2.35. The second kappa shape index (κ2) is 9.34. The van der Waals surface area contributed by atoms with E-state index in [1.807, 2.05) is 31.2 Å². The summed E-state index contributed by atoms with van der Waals surface area (Å²) in [6, 6.07) is 8.22. The number of carbonyl (C=O) groups is 1. The van der Waals surface area contributed by atoms with Gasteiger partial charge in [-0.25, -0.2) is 0 Å². The van der Waals surface area contributed by atoms with E-state index in [1.54, 1.807) is 0 Å². The molecule has 0 heterocycles. The van der Waals surface area contributed by atoms with Crippen molar-refractivity contribution in [3.63, 3.8) is 0 Å². The van der Waals surface area contributed by atoms with Gasteiger partial charge in [0.2, 0.25) is 5.91 Å². The molecule has 4 nitrogen and oxygen atoms in total. The number of amides is 1. The first kappa shape index (κ1) is 16.7. The molecule has 122 valence electrons. The van der Waals surface area contributed by atoms with E-state index in [9.17, 15) is 4.79 Å². The summed E-state index contributed by atoms with van der Waals surface area (Å²) in [5, 5.41) is 6.47. The van der Waals surface area contributed by atoms with E-state index in [-0.39, 0.29) is 5.91 Å². The number of carbonyl (C=O) groups excluding carboxylic acids is 1. The Balaban J connectivity index is 1.72. The first-order chi connectivity index (χ1) is 10.8. The van der Waals surface area contributed by atoms with Crippen LogP contribution in [0.15, 0.2) is 24.3 Å². The third-order valence-electron chi connectivity index (χ3n) is 4.07. The maximum atomic E-state index is 12.0. The van der Waals surface area contributed by atoms with E-state index in [4.69, 9.17) is 4.74 Å². The Bertz CT molecular complexity index is 454. The molecule has 0 atom stereocenters. The van der Waals surface area contributed by atoms with E-state index in [2.05, 4.69) is 10.6 Å². The molecule has 2 N–H and O–H groups in total. The van der Waals surface area contributed by atoms with Crippen LogP contribution in [0.4, 0.5) is 5.69 Å². The highest BCUT2D eigenvalue weighted by Crippen LogP contribution is 2.23. The van der Waals surface area contributed by atoms with Gasteiger partial charge in [0.05, 0.1) is 12.3 Å². The zero-order valence-electron chi connectivity index (χ0n) is 13.6. The Morgan fingerprint density at radius 2 is 1.91 bits per heavy atom. The largest absolute Gasteiger partial charge is 0.492 e. The van der Waals surface area contributed by atoms with E-state index < -0.39 is 0 Å². The van der Waals surface area contributed by atoms with Crippen LogP contribution in [0.2, 0.25) is 0 Å². The van der Waals surface area contributed by atoms with Crippen LogP contribution >= 0.6 is 0 Å². The van der Waals surface area contributed by atoms with E-state index in [0.29, 0.717) is 25.6 Å². The van der Waals surface area contributed by atoms with Crippen molar-refractivity contribution in [3.05, 3.63) is 24.3 Å². The van der Waals surface area contributed by atoms with Crippen LogP contribution in [0.25, 0.3) is 0 Å². The molecule has 0 aliphatic heterocycles. The monoisotopic (exact) mass is 304 g/mol. The molecular weight excluding hydrogens is 276 g/mol. The summed E-state index contributed by atoms with van der Waals surface area (Å²) < 4.78 is 5.57. The predicted molar refractivity (Wildman–Crippen MR) is 90.4 cm³/mol. The topological polar surface area (TPSA) is 50.4 Å². The van der Waals surface area contributed by atoms with E-state index in [0.717, 1.165) is 24.3 Å². The third kappa shape index (κ3) is 5.58. The predicted octanol–water partition coefficient (Wildman–Crippen LogP) is 3.73.